The molecule has 1 saturated heterocycles. The van der Waals surface area contributed by atoms with Crippen LogP contribution in [0.2, 0.25) is 0 Å². The van der Waals surface area contributed by atoms with Crippen LogP contribution in [0.4, 0.5) is 4.39 Å². The maximum atomic E-state index is 13.8. The first-order chi connectivity index (χ1) is 9.58. The van der Waals surface area contributed by atoms with E-state index < -0.39 is 23.3 Å². The zero-order valence-corrected chi connectivity index (χ0v) is 10.4. The van der Waals surface area contributed by atoms with Crippen LogP contribution in [-0.2, 0) is 9.59 Å². The third-order valence-electron chi connectivity index (χ3n) is 3.45. The van der Waals surface area contributed by atoms with Crippen LogP contribution in [0.25, 0.3) is 10.8 Å². The molecule has 1 fully saturated rings. The van der Waals surface area contributed by atoms with E-state index in [0.717, 1.165) is 0 Å². The molecule has 2 aromatic rings. The number of nitrogens with one attached hydrogen (secondary N) is 1. The number of benzene rings is 1. The second-order valence-corrected chi connectivity index (χ2v) is 4.70. The molecule has 1 aliphatic heterocycles. The number of rotatable bonds is 1. The number of aromatic nitrogens is 1. The Balaban J connectivity index is 2.16. The lowest BCUT2D eigenvalue weighted by Crippen LogP contribution is -2.44. The van der Waals surface area contributed by atoms with Crippen molar-refractivity contribution < 1.29 is 14.0 Å². The van der Waals surface area contributed by atoms with Crippen molar-refractivity contribution in [3.63, 3.8) is 0 Å². The average molecular weight is 274 g/mol. The highest BCUT2D eigenvalue weighted by Crippen LogP contribution is 2.19. The monoisotopic (exact) mass is 274 g/mol. The topological polar surface area (TPSA) is 68.2 Å². The van der Waals surface area contributed by atoms with Crippen molar-refractivity contribution in [2.24, 2.45) is 0 Å². The number of hydrogen-bond acceptors (Lipinski definition) is 3. The van der Waals surface area contributed by atoms with Crippen LogP contribution in [0.3, 0.4) is 0 Å². The third-order valence-corrected chi connectivity index (χ3v) is 3.45. The number of fused-ring (bicyclic) bond motifs is 1. The van der Waals surface area contributed by atoms with Gasteiger partial charge in [-0.1, -0.05) is 12.1 Å². The Morgan fingerprint density at radius 3 is 2.75 bits per heavy atom. The molecule has 5 nitrogen and oxygen atoms in total. The molecule has 0 radical (unpaired) electrons. The minimum Gasteiger partial charge on any atom is -0.302 e. The summed E-state index contributed by atoms with van der Waals surface area (Å²) < 4.78 is 15.0. The highest BCUT2D eigenvalue weighted by atomic mass is 19.1. The highest BCUT2D eigenvalue weighted by Gasteiger charge is 2.29. The van der Waals surface area contributed by atoms with Gasteiger partial charge in [0.25, 0.3) is 5.56 Å². The maximum absolute atomic E-state index is 13.8. The van der Waals surface area contributed by atoms with Crippen LogP contribution >= 0.6 is 0 Å². The SMILES string of the molecule is O=C1CCC(n2ccc3cccc(F)c3c2=O)C(=O)N1. The normalized spacial score (nSPS) is 19.1. The standard InChI is InChI=1S/C14H11FN2O3/c15-9-3-1-2-8-6-7-17(14(20)12(8)9)10-4-5-11(18)16-13(10)19/h1-3,6-7,10H,4-5H2,(H,16,18,19). The molecule has 20 heavy (non-hydrogen) atoms. The number of pyridine rings is 1. The Bertz CT molecular complexity index is 782. The summed E-state index contributed by atoms with van der Waals surface area (Å²) in [6.07, 6.45) is 1.87. The van der Waals surface area contributed by atoms with Gasteiger partial charge in [0.1, 0.15) is 11.9 Å². The number of hydrogen-bond donors (Lipinski definition) is 1. The van der Waals surface area contributed by atoms with Gasteiger partial charge in [-0.3, -0.25) is 19.7 Å². The molecule has 0 spiro atoms. The fourth-order valence-corrected chi connectivity index (χ4v) is 2.46. The largest absolute Gasteiger partial charge is 0.302 e. The molecule has 0 saturated carbocycles. The first-order valence-corrected chi connectivity index (χ1v) is 6.21. The molecule has 1 atom stereocenters. The van der Waals surface area contributed by atoms with Crippen LogP contribution in [0.15, 0.2) is 35.3 Å². The minimum atomic E-state index is -0.774. The maximum Gasteiger partial charge on any atom is 0.262 e. The van der Waals surface area contributed by atoms with Gasteiger partial charge in [-0.15, -0.1) is 0 Å². The predicted molar refractivity (Wildman–Crippen MR) is 69.6 cm³/mol. The molecular weight excluding hydrogens is 263 g/mol. The molecule has 6 heteroatoms. The molecule has 2 heterocycles. The first kappa shape index (κ1) is 12.5. The molecule has 1 unspecified atom stereocenters. The van der Waals surface area contributed by atoms with Crippen LogP contribution in [-0.4, -0.2) is 16.4 Å². The van der Waals surface area contributed by atoms with Crippen molar-refractivity contribution in [2.75, 3.05) is 0 Å². The second kappa shape index (κ2) is 4.56. The summed E-state index contributed by atoms with van der Waals surface area (Å²) in [5.74, 6) is -1.50. The third kappa shape index (κ3) is 1.89. The Labute approximate surface area is 113 Å². The molecular formula is C14H11FN2O3. The van der Waals surface area contributed by atoms with Crippen LogP contribution in [0, 0.1) is 5.82 Å². The van der Waals surface area contributed by atoms with Gasteiger partial charge in [-0.05, 0) is 23.9 Å². The van der Waals surface area contributed by atoms with E-state index in [1.54, 1.807) is 12.1 Å². The Kier molecular flexibility index (Phi) is 2.85. The van der Waals surface area contributed by atoms with E-state index in [4.69, 9.17) is 0 Å². The van der Waals surface area contributed by atoms with Crippen molar-refractivity contribution in [3.05, 3.63) is 46.6 Å². The first-order valence-electron chi connectivity index (χ1n) is 6.21. The minimum absolute atomic E-state index is 0.0419. The smallest absolute Gasteiger partial charge is 0.262 e. The zero-order chi connectivity index (χ0) is 14.3. The van der Waals surface area contributed by atoms with Crippen LogP contribution < -0.4 is 10.9 Å². The van der Waals surface area contributed by atoms with Crippen molar-refractivity contribution in [1.29, 1.82) is 0 Å². The number of halogens is 1. The molecule has 3 rings (SSSR count). The fraction of sp³-hybridized carbons (Fsp3) is 0.214. The summed E-state index contributed by atoms with van der Waals surface area (Å²) in [5.41, 5.74) is -0.560. The summed E-state index contributed by atoms with van der Waals surface area (Å²) in [7, 11) is 0. The fourth-order valence-electron chi connectivity index (χ4n) is 2.46. The van der Waals surface area contributed by atoms with E-state index in [1.165, 1.54) is 22.9 Å². The summed E-state index contributed by atoms with van der Waals surface area (Å²) in [4.78, 5) is 35.2. The molecule has 0 aliphatic carbocycles. The van der Waals surface area contributed by atoms with Crippen LogP contribution in [0.5, 0.6) is 0 Å². The second-order valence-electron chi connectivity index (χ2n) is 4.70. The number of carbonyl (C=O) groups excluding carboxylic acids is 2. The van der Waals surface area contributed by atoms with Crippen molar-refractivity contribution in [2.45, 2.75) is 18.9 Å². The van der Waals surface area contributed by atoms with Crippen molar-refractivity contribution in [3.8, 4) is 0 Å². The lowest BCUT2D eigenvalue weighted by molar-refractivity contribution is -0.135. The summed E-state index contributed by atoms with van der Waals surface area (Å²) >= 11 is 0. The average Bonchev–Trinajstić information content (AvgIpc) is 2.40. The quantitative estimate of drug-likeness (QED) is 0.792. The van der Waals surface area contributed by atoms with E-state index in [9.17, 15) is 18.8 Å². The van der Waals surface area contributed by atoms with Crippen molar-refractivity contribution in [1.82, 2.24) is 9.88 Å². The van der Waals surface area contributed by atoms with Gasteiger partial charge >= 0.3 is 0 Å². The van der Waals surface area contributed by atoms with Gasteiger partial charge < -0.3 is 4.57 Å². The lowest BCUT2D eigenvalue weighted by Gasteiger charge is -2.23. The lowest BCUT2D eigenvalue weighted by atomic mass is 10.0. The van der Waals surface area contributed by atoms with E-state index >= 15 is 0 Å². The summed E-state index contributed by atoms with van der Waals surface area (Å²) in [6, 6.07) is 5.17. The molecule has 1 aromatic heterocycles. The Morgan fingerprint density at radius 2 is 2.00 bits per heavy atom. The number of imide groups is 1. The highest BCUT2D eigenvalue weighted by molar-refractivity contribution is 5.99. The molecule has 2 amide bonds. The zero-order valence-electron chi connectivity index (χ0n) is 10.4. The molecule has 1 N–H and O–H groups in total. The van der Waals surface area contributed by atoms with E-state index in [-0.39, 0.29) is 24.1 Å². The van der Waals surface area contributed by atoms with E-state index in [2.05, 4.69) is 5.32 Å². The van der Waals surface area contributed by atoms with Gasteiger partial charge in [0.15, 0.2) is 0 Å². The van der Waals surface area contributed by atoms with Crippen LogP contribution in [0.1, 0.15) is 18.9 Å². The van der Waals surface area contributed by atoms with Crippen molar-refractivity contribution >= 4 is 22.6 Å². The number of nitrogens with zero attached hydrogens (tertiary/aromatic N) is 1. The molecule has 0 bridgehead atoms. The number of amides is 2. The number of carbonyl (C=O) groups is 2. The van der Waals surface area contributed by atoms with E-state index in [0.29, 0.717) is 5.39 Å². The Hall–Kier alpha value is -2.50. The molecule has 1 aliphatic rings. The summed E-state index contributed by atoms with van der Waals surface area (Å²) in [6.45, 7) is 0. The van der Waals surface area contributed by atoms with Gasteiger partial charge in [0.05, 0.1) is 5.39 Å². The predicted octanol–water partition coefficient (Wildman–Crippen LogP) is 1.12. The molecule has 1 aromatic carbocycles. The van der Waals surface area contributed by atoms with Gasteiger partial charge in [-0.25, -0.2) is 4.39 Å². The molecule has 102 valence electrons. The van der Waals surface area contributed by atoms with Gasteiger partial charge in [-0.2, -0.15) is 0 Å². The van der Waals surface area contributed by atoms with E-state index in [1.807, 2.05) is 0 Å². The number of piperidine rings is 1. The Morgan fingerprint density at radius 1 is 1.20 bits per heavy atom. The summed E-state index contributed by atoms with van der Waals surface area (Å²) in [5, 5.41) is 2.63. The van der Waals surface area contributed by atoms with Gasteiger partial charge in [0.2, 0.25) is 11.8 Å². The van der Waals surface area contributed by atoms with Gasteiger partial charge in [0, 0.05) is 12.6 Å².